The fourth-order valence-electron chi connectivity index (χ4n) is 3.02. The predicted octanol–water partition coefficient (Wildman–Crippen LogP) is 3.97. The van der Waals surface area contributed by atoms with Crippen LogP contribution < -0.4 is 5.73 Å². The number of aliphatic imine (C=N–C) groups is 1. The number of nitrogens with zero attached hydrogens (tertiary/aromatic N) is 1. The van der Waals surface area contributed by atoms with Crippen LogP contribution in [0.5, 0.6) is 0 Å². The summed E-state index contributed by atoms with van der Waals surface area (Å²) >= 11 is 0. The quantitative estimate of drug-likeness (QED) is 0.699. The summed E-state index contributed by atoms with van der Waals surface area (Å²) in [6, 6.07) is 9.38. The van der Waals surface area contributed by atoms with Crippen LogP contribution in [0.2, 0.25) is 0 Å². The highest BCUT2D eigenvalue weighted by molar-refractivity contribution is 6.26. The Kier molecular flexibility index (Phi) is 2.96. The number of nitrogens with two attached hydrogens (primary N) is 1. The van der Waals surface area contributed by atoms with Crippen molar-refractivity contribution >= 4 is 22.4 Å². The van der Waals surface area contributed by atoms with Gasteiger partial charge in [-0.15, -0.1) is 0 Å². The van der Waals surface area contributed by atoms with Crippen LogP contribution in [0.15, 0.2) is 47.5 Å². The van der Waals surface area contributed by atoms with E-state index in [0.717, 1.165) is 12.1 Å². The summed E-state index contributed by atoms with van der Waals surface area (Å²) in [6.45, 7) is 0. The molecule has 3 aromatic rings. The second-order valence-electron chi connectivity index (χ2n) is 5.52. The molecule has 0 atom stereocenters. The molecule has 0 fully saturated rings. The van der Waals surface area contributed by atoms with E-state index in [-0.39, 0.29) is 11.7 Å². The van der Waals surface area contributed by atoms with Crippen LogP contribution >= 0.6 is 0 Å². The van der Waals surface area contributed by atoms with Gasteiger partial charge in [-0.2, -0.15) is 0 Å². The molecule has 4 rings (SSSR count). The van der Waals surface area contributed by atoms with Crippen LogP contribution in [0.25, 0.3) is 21.9 Å². The number of nitrogens with one attached hydrogen (secondary N) is 1. The first-order chi connectivity index (χ1) is 11.5. The highest BCUT2D eigenvalue weighted by atomic mass is 19.2. The molecule has 118 valence electrons. The average Bonchev–Trinajstić information content (AvgIpc) is 2.81. The SMILES string of the molecule is N=C1N=C(N)c2cc3cc(F)c(F)cc3c(-c3cccc(F)c3)c21. The minimum absolute atomic E-state index is 0.0894. The van der Waals surface area contributed by atoms with Crippen molar-refractivity contribution in [2.75, 3.05) is 0 Å². The maximum Gasteiger partial charge on any atom is 0.159 e. The van der Waals surface area contributed by atoms with Gasteiger partial charge in [0.1, 0.15) is 11.7 Å². The standard InChI is InChI=1S/C18H10F3N3/c19-10-3-1-2-8(4-10)15-11-7-14(21)13(20)6-9(11)5-12-16(15)18(23)24-17(12)22/h1-7H,(H3,22,23,24). The van der Waals surface area contributed by atoms with Crippen molar-refractivity contribution in [3.63, 3.8) is 0 Å². The molecule has 6 heteroatoms. The van der Waals surface area contributed by atoms with Crippen molar-refractivity contribution in [3.05, 3.63) is 71.0 Å². The summed E-state index contributed by atoms with van der Waals surface area (Å²) < 4.78 is 41.1. The first kappa shape index (κ1) is 14.4. The highest BCUT2D eigenvalue weighted by Gasteiger charge is 2.26. The Bertz CT molecular complexity index is 1070. The van der Waals surface area contributed by atoms with Gasteiger partial charge in [0.25, 0.3) is 0 Å². The zero-order chi connectivity index (χ0) is 17.0. The van der Waals surface area contributed by atoms with Gasteiger partial charge >= 0.3 is 0 Å². The number of fused-ring (bicyclic) bond motifs is 2. The van der Waals surface area contributed by atoms with Crippen LogP contribution in [0.4, 0.5) is 13.2 Å². The molecule has 3 nitrogen and oxygen atoms in total. The van der Waals surface area contributed by atoms with Crippen molar-refractivity contribution < 1.29 is 13.2 Å². The van der Waals surface area contributed by atoms with Crippen molar-refractivity contribution in [1.29, 1.82) is 5.41 Å². The lowest BCUT2D eigenvalue weighted by Crippen LogP contribution is -2.11. The zero-order valence-corrected chi connectivity index (χ0v) is 12.2. The minimum atomic E-state index is -1.02. The molecule has 1 aliphatic heterocycles. The van der Waals surface area contributed by atoms with E-state index in [1.54, 1.807) is 12.1 Å². The van der Waals surface area contributed by atoms with Crippen molar-refractivity contribution in [1.82, 2.24) is 0 Å². The fourth-order valence-corrected chi connectivity index (χ4v) is 3.02. The van der Waals surface area contributed by atoms with E-state index >= 15 is 0 Å². The van der Waals surface area contributed by atoms with Crippen LogP contribution in [0, 0.1) is 22.9 Å². The maximum atomic E-state index is 13.8. The van der Waals surface area contributed by atoms with E-state index < -0.39 is 17.5 Å². The van der Waals surface area contributed by atoms with E-state index in [4.69, 9.17) is 11.1 Å². The number of halogens is 3. The largest absolute Gasteiger partial charge is 0.383 e. The topological polar surface area (TPSA) is 62.2 Å². The highest BCUT2D eigenvalue weighted by Crippen LogP contribution is 2.38. The molecule has 0 aromatic heterocycles. The minimum Gasteiger partial charge on any atom is -0.383 e. The second-order valence-corrected chi connectivity index (χ2v) is 5.52. The third-order valence-corrected chi connectivity index (χ3v) is 4.04. The first-order valence-corrected chi connectivity index (χ1v) is 7.11. The molecule has 0 unspecified atom stereocenters. The third-order valence-electron chi connectivity index (χ3n) is 4.04. The molecule has 0 saturated carbocycles. The molecule has 1 heterocycles. The summed E-state index contributed by atoms with van der Waals surface area (Å²) in [7, 11) is 0. The van der Waals surface area contributed by atoms with E-state index in [9.17, 15) is 13.2 Å². The molecule has 0 saturated heterocycles. The Labute approximate surface area is 134 Å². The summed E-state index contributed by atoms with van der Waals surface area (Å²) in [5.41, 5.74) is 7.54. The summed E-state index contributed by atoms with van der Waals surface area (Å²) in [4.78, 5) is 3.93. The van der Waals surface area contributed by atoms with E-state index in [1.165, 1.54) is 18.2 Å². The lowest BCUT2D eigenvalue weighted by atomic mass is 9.89. The van der Waals surface area contributed by atoms with Gasteiger partial charge in [0, 0.05) is 16.7 Å². The molecule has 0 radical (unpaired) electrons. The van der Waals surface area contributed by atoms with E-state index in [0.29, 0.717) is 33.0 Å². The smallest absolute Gasteiger partial charge is 0.159 e. The molecule has 0 spiro atoms. The molecule has 0 amide bonds. The van der Waals surface area contributed by atoms with Gasteiger partial charge < -0.3 is 5.73 Å². The monoisotopic (exact) mass is 325 g/mol. The Morgan fingerprint density at radius 3 is 2.42 bits per heavy atom. The van der Waals surface area contributed by atoms with Crippen LogP contribution in [0.1, 0.15) is 11.1 Å². The first-order valence-electron chi connectivity index (χ1n) is 7.11. The normalized spacial score (nSPS) is 13.3. The van der Waals surface area contributed by atoms with Gasteiger partial charge in [-0.25, -0.2) is 18.2 Å². The molecule has 1 aliphatic rings. The molecule has 0 bridgehead atoms. The van der Waals surface area contributed by atoms with Crippen LogP contribution in [-0.2, 0) is 0 Å². The summed E-state index contributed by atoms with van der Waals surface area (Å²) in [6.07, 6.45) is 0. The predicted molar refractivity (Wildman–Crippen MR) is 86.8 cm³/mol. The summed E-state index contributed by atoms with van der Waals surface area (Å²) in [5.74, 6) is -2.44. The Hall–Kier alpha value is -3.15. The average molecular weight is 325 g/mol. The molecule has 3 N–H and O–H groups in total. The van der Waals surface area contributed by atoms with Gasteiger partial charge in [-0.05, 0) is 46.7 Å². The Morgan fingerprint density at radius 2 is 1.67 bits per heavy atom. The molecular weight excluding hydrogens is 315 g/mol. The second kappa shape index (κ2) is 4.92. The van der Waals surface area contributed by atoms with Crippen LogP contribution in [-0.4, -0.2) is 11.7 Å². The van der Waals surface area contributed by atoms with Gasteiger partial charge in [-0.3, -0.25) is 5.41 Å². The summed E-state index contributed by atoms with van der Waals surface area (Å²) in [5, 5.41) is 8.82. The number of amidine groups is 2. The van der Waals surface area contributed by atoms with Crippen LogP contribution in [0.3, 0.4) is 0 Å². The lowest BCUT2D eigenvalue weighted by Gasteiger charge is -2.14. The third kappa shape index (κ3) is 2.00. The van der Waals surface area contributed by atoms with Gasteiger partial charge in [-0.1, -0.05) is 12.1 Å². The Morgan fingerprint density at radius 1 is 0.917 bits per heavy atom. The zero-order valence-electron chi connectivity index (χ0n) is 12.2. The van der Waals surface area contributed by atoms with E-state index in [1.807, 2.05) is 0 Å². The molecular formula is C18H10F3N3. The number of benzene rings is 3. The van der Waals surface area contributed by atoms with Crippen molar-refractivity contribution in [2.24, 2.45) is 10.7 Å². The fraction of sp³-hybridized carbons (Fsp3) is 0. The number of rotatable bonds is 1. The number of hydrogen-bond acceptors (Lipinski definition) is 2. The Balaban J connectivity index is 2.19. The molecule has 0 aliphatic carbocycles. The molecule has 24 heavy (non-hydrogen) atoms. The number of hydrogen-bond donors (Lipinski definition) is 2. The van der Waals surface area contributed by atoms with Gasteiger partial charge in [0.15, 0.2) is 17.5 Å². The van der Waals surface area contributed by atoms with Crippen molar-refractivity contribution in [2.45, 2.75) is 0 Å². The van der Waals surface area contributed by atoms with Gasteiger partial charge in [0.05, 0.1) is 0 Å². The lowest BCUT2D eigenvalue weighted by molar-refractivity contribution is 0.511. The molecule has 3 aromatic carbocycles. The van der Waals surface area contributed by atoms with E-state index in [2.05, 4.69) is 4.99 Å². The van der Waals surface area contributed by atoms with Gasteiger partial charge in [0.2, 0.25) is 0 Å². The maximum absolute atomic E-state index is 13.8. The van der Waals surface area contributed by atoms with Crippen molar-refractivity contribution in [3.8, 4) is 11.1 Å².